The van der Waals surface area contributed by atoms with Crippen LogP contribution in [0.25, 0.3) is 22.3 Å². The van der Waals surface area contributed by atoms with Gasteiger partial charge >= 0.3 is 17.0 Å². The molecule has 20 nitrogen and oxygen atoms in total. The van der Waals surface area contributed by atoms with Crippen molar-refractivity contribution in [2.45, 2.75) is 49.8 Å². The third kappa shape index (κ3) is 6.28. The van der Waals surface area contributed by atoms with Crippen molar-refractivity contribution in [1.29, 1.82) is 0 Å². The van der Waals surface area contributed by atoms with Gasteiger partial charge in [0.1, 0.15) is 24.1 Å². The minimum atomic E-state index is -4.30. The second-order valence-corrected chi connectivity index (χ2v) is 13.8. The first-order chi connectivity index (χ1) is 20.8. The number of nitrogens with two attached hydrogens (primary N) is 3. The van der Waals surface area contributed by atoms with Crippen LogP contribution < -0.4 is 22.2 Å². The Kier molecular flexibility index (Phi) is 8.11. The molecule has 0 spiro atoms. The van der Waals surface area contributed by atoms with Gasteiger partial charge in [-0.2, -0.15) is 13.4 Å². The van der Waals surface area contributed by atoms with Crippen molar-refractivity contribution in [2.75, 3.05) is 24.7 Å². The lowest BCUT2D eigenvalue weighted by molar-refractivity contribution is -0.0486. The molecule has 0 saturated carbocycles. The fraction of sp³-hybridized carbons (Fsp3) is 0.500. The summed E-state index contributed by atoms with van der Waals surface area (Å²) in [6, 6.07) is 0. The summed E-state index contributed by atoms with van der Waals surface area (Å²) in [6.45, 7) is -4.91. The molecule has 6 rings (SSSR count). The minimum absolute atomic E-state index is 0.0171. The highest BCUT2D eigenvalue weighted by Gasteiger charge is 2.43. The number of aromatic amines is 1. The zero-order valence-corrected chi connectivity index (χ0v) is 24.8. The highest BCUT2D eigenvalue weighted by Crippen LogP contribution is 2.50. The molecule has 0 bridgehead atoms. The number of rotatable bonds is 10. The average molecular weight is 678 g/mol. The molecule has 2 aliphatic heterocycles. The van der Waals surface area contributed by atoms with E-state index in [0.717, 1.165) is 0 Å². The zero-order chi connectivity index (χ0) is 31.4. The molecule has 44 heavy (non-hydrogen) atoms. The molecule has 4 aromatic rings. The number of nitrogens with one attached hydrogen (secondary N) is 1. The van der Waals surface area contributed by atoms with Crippen LogP contribution in [-0.2, 0) is 44.8 Å². The lowest BCUT2D eigenvalue weighted by Gasteiger charge is -2.25. The predicted octanol–water partition coefficient (Wildman–Crippen LogP) is -1.12. The smallest absolute Gasteiger partial charge is 0.333 e. The van der Waals surface area contributed by atoms with Gasteiger partial charge in [-0.05, 0) is 11.8 Å². The fourth-order valence-corrected chi connectivity index (χ4v) is 6.75. The number of halogens is 1. The molecule has 0 radical (unpaired) electrons. The Balaban J connectivity index is 1.16. The maximum absolute atomic E-state index is 15.0. The normalized spacial score (nSPS) is 27.3. The molecule has 8 N–H and O–H groups in total. The number of fused-ring (bicyclic) bond motifs is 2. The fourth-order valence-electron chi connectivity index (χ4n) is 4.95. The van der Waals surface area contributed by atoms with Crippen molar-refractivity contribution >= 4 is 62.9 Å². The van der Waals surface area contributed by atoms with Gasteiger partial charge in [0, 0.05) is 12.8 Å². The Morgan fingerprint density at radius 2 is 1.75 bits per heavy atom. The lowest BCUT2D eigenvalue weighted by Crippen LogP contribution is -2.24. The molecular formula is C20H25FN11O9PS2. The Hall–Kier alpha value is -3.25. The van der Waals surface area contributed by atoms with Crippen LogP contribution >= 0.6 is 6.72 Å². The number of nitrogens with zero attached hydrogens (tertiary/aromatic N) is 7. The Bertz CT molecular complexity index is 1920. The van der Waals surface area contributed by atoms with Crippen molar-refractivity contribution in [2.24, 2.45) is 5.14 Å². The lowest BCUT2D eigenvalue weighted by atomic mass is 10.2. The van der Waals surface area contributed by atoms with Gasteiger partial charge in [-0.25, -0.2) is 29.5 Å². The number of imidazole rings is 2. The second kappa shape index (κ2) is 11.6. The topological polar surface area (TPSA) is 286 Å². The summed E-state index contributed by atoms with van der Waals surface area (Å²) in [6.07, 6.45) is -2.98. The summed E-state index contributed by atoms with van der Waals surface area (Å²) >= 11 is 5.22. The summed E-state index contributed by atoms with van der Waals surface area (Å²) in [7, 11) is -4.30. The van der Waals surface area contributed by atoms with Gasteiger partial charge in [-0.3, -0.25) is 23.1 Å². The van der Waals surface area contributed by atoms with Crippen LogP contribution in [0.2, 0.25) is 0 Å². The van der Waals surface area contributed by atoms with Crippen LogP contribution in [0.4, 0.5) is 16.2 Å². The molecule has 0 amide bonds. The van der Waals surface area contributed by atoms with Crippen LogP contribution in [0.5, 0.6) is 0 Å². The third-order valence-corrected chi connectivity index (χ3v) is 8.82. The predicted molar refractivity (Wildman–Crippen MR) is 151 cm³/mol. The number of hydrogen-bond acceptors (Lipinski definition) is 16. The first-order valence-electron chi connectivity index (χ1n) is 12.7. The van der Waals surface area contributed by atoms with Crippen LogP contribution in [0.1, 0.15) is 25.3 Å². The van der Waals surface area contributed by atoms with Crippen LogP contribution in [0, 0.1) is 0 Å². The third-order valence-electron chi connectivity index (χ3n) is 6.77. The summed E-state index contributed by atoms with van der Waals surface area (Å²) in [5.41, 5.74) is 11.4. The largest absolute Gasteiger partial charge is 0.382 e. The molecule has 2 fully saturated rings. The van der Waals surface area contributed by atoms with E-state index in [2.05, 4.69) is 34.1 Å². The van der Waals surface area contributed by atoms with E-state index >= 15 is 4.39 Å². The molecule has 0 aromatic carbocycles. The minimum Gasteiger partial charge on any atom is -0.382 e. The van der Waals surface area contributed by atoms with E-state index < -0.39 is 66.1 Å². The first kappa shape index (κ1) is 30.8. The number of H-pyrrole nitrogens is 1. The SMILES string of the molecule is Nc1nc2c(ncn2[C@@H]2O[C@H](COS(N)(=O)=O)C[C@H]2OP(O)(=S)OC[C@@H]2C[C@@H](F)[C@H](n3cnc4c(N)ncnc43)O2)c(=O)[nH]1. The molecule has 6 heterocycles. The zero-order valence-electron chi connectivity index (χ0n) is 22.2. The summed E-state index contributed by atoms with van der Waals surface area (Å²) in [4.78, 5) is 45.7. The maximum Gasteiger partial charge on any atom is 0.333 e. The number of alkyl halides is 1. The van der Waals surface area contributed by atoms with Crippen molar-refractivity contribution < 1.29 is 40.4 Å². The molecule has 1 unspecified atom stereocenters. The van der Waals surface area contributed by atoms with E-state index in [9.17, 15) is 18.1 Å². The van der Waals surface area contributed by atoms with Gasteiger partial charge in [0.2, 0.25) is 5.95 Å². The standard InChI is InChI=1S/C20H25FN11O9PS2/c21-10-1-8(39-18(10)31-6-27-12-14(22)25-5-26-15(12)31)3-37-42(34,43)41-11-2-9(4-38-44(24,35)36)40-19(11)32-7-28-13-16(32)29-20(23)30-17(13)33/h5-11,18-19H,1-4H2,(H,34,43)(H2,22,25,26)(H2,24,35,36)(H3,23,29,30,33)/t8-,9-,10+,11+,18+,19+,42?/m0/s1. The van der Waals surface area contributed by atoms with Crippen molar-refractivity contribution in [3.05, 3.63) is 29.3 Å². The Morgan fingerprint density at radius 3 is 2.50 bits per heavy atom. The number of aromatic nitrogens is 8. The number of anilines is 2. The van der Waals surface area contributed by atoms with Gasteiger partial charge in [0.15, 0.2) is 35.1 Å². The van der Waals surface area contributed by atoms with E-state index in [4.69, 9.17) is 46.9 Å². The molecule has 0 aliphatic carbocycles. The van der Waals surface area contributed by atoms with Gasteiger partial charge < -0.3 is 34.9 Å². The molecular weight excluding hydrogens is 652 g/mol. The number of ether oxygens (including phenoxy) is 2. The molecule has 24 heteroatoms. The van der Waals surface area contributed by atoms with Crippen molar-refractivity contribution in [1.82, 2.24) is 39.0 Å². The van der Waals surface area contributed by atoms with E-state index in [-0.39, 0.29) is 53.5 Å². The van der Waals surface area contributed by atoms with E-state index in [1.54, 1.807) is 0 Å². The quantitative estimate of drug-likeness (QED) is 0.124. The molecule has 7 atom stereocenters. The number of nitrogen functional groups attached to an aromatic ring is 2. The van der Waals surface area contributed by atoms with Gasteiger partial charge in [0.05, 0.1) is 38.1 Å². The van der Waals surface area contributed by atoms with Gasteiger partial charge in [-0.1, -0.05) is 0 Å². The summed E-state index contributed by atoms with van der Waals surface area (Å²) < 4.78 is 68.0. The highest BCUT2D eigenvalue weighted by atomic mass is 32.5. The van der Waals surface area contributed by atoms with Crippen molar-refractivity contribution in [3.8, 4) is 0 Å². The maximum atomic E-state index is 15.0. The monoisotopic (exact) mass is 677 g/mol. The Labute approximate surface area is 251 Å². The first-order valence-corrected chi connectivity index (χ1v) is 16.8. The second-order valence-electron chi connectivity index (χ2n) is 9.83. The van der Waals surface area contributed by atoms with Crippen molar-refractivity contribution in [3.63, 3.8) is 0 Å². The summed E-state index contributed by atoms with van der Waals surface area (Å²) in [5.74, 6) is -0.0763. The van der Waals surface area contributed by atoms with Gasteiger partial charge in [0.25, 0.3) is 5.56 Å². The Morgan fingerprint density at radius 1 is 1.07 bits per heavy atom. The van der Waals surface area contributed by atoms with Crippen LogP contribution in [-0.4, -0.2) is 90.0 Å². The summed E-state index contributed by atoms with van der Waals surface area (Å²) in [5, 5.41) is 4.93. The molecule has 2 saturated heterocycles. The van der Waals surface area contributed by atoms with E-state index in [1.165, 1.54) is 28.1 Å². The van der Waals surface area contributed by atoms with E-state index in [0.29, 0.717) is 0 Å². The van der Waals surface area contributed by atoms with Crippen LogP contribution in [0.15, 0.2) is 23.8 Å². The van der Waals surface area contributed by atoms with E-state index in [1.807, 2.05) is 0 Å². The highest BCUT2D eigenvalue weighted by molar-refractivity contribution is 8.07. The average Bonchev–Trinajstić information content (AvgIpc) is 3.71. The van der Waals surface area contributed by atoms with Crippen LogP contribution in [0.3, 0.4) is 0 Å². The molecule has 238 valence electrons. The molecule has 4 aromatic heterocycles. The van der Waals surface area contributed by atoms with Gasteiger partial charge in [-0.15, -0.1) is 0 Å². The molecule has 2 aliphatic rings. The number of hydrogen-bond donors (Lipinski definition) is 5.